The lowest BCUT2D eigenvalue weighted by atomic mass is 10.1. The zero-order valence-corrected chi connectivity index (χ0v) is 11.5. The fourth-order valence-corrected chi connectivity index (χ4v) is 1.62. The van der Waals surface area contributed by atoms with Crippen LogP contribution in [0.5, 0.6) is 0 Å². The zero-order valence-electron chi connectivity index (χ0n) is 11.5. The van der Waals surface area contributed by atoms with Crippen molar-refractivity contribution >= 4 is 17.5 Å². The Morgan fingerprint density at radius 3 is 2.33 bits per heavy atom. The Morgan fingerprint density at radius 2 is 1.83 bits per heavy atom. The van der Waals surface area contributed by atoms with Crippen molar-refractivity contribution in [2.24, 2.45) is 0 Å². The van der Waals surface area contributed by atoms with Gasteiger partial charge in [0.2, 0.25) is 5.78 Å². The van der Waals surface area contributed by atoms with Gasteiger partial charge in [-0.3, -0.25) is 14.4 Å². The van der Waals surface area contributed by atoms with E-state index in [0.717, 1.165) is 19.3 Å². The van der Waals surface area contributed by atoms with Crippen LogP contribution in [0.2, 0.25) is 0 Å². The molecule has 0 aromatic heterocycles. The minimum atomic E-state index is -0.537. The SMILES string of the molecule is CCCCCNC(=O)C(=O)CC[C@H](NC)C(C)=O. The molecule has 5 heteroatoms. The molecule has 0 aromatic rings. The molecular formula is C13H24N2O3. The first-order valence-corrected chi connectivity index (χ1v) is 6.51. The average Bonchev–Trinajstić information content (AvgIpc) is 2.34. The van der Waals surface area contributed by atoms with E-state index in [9.17, 15) is 14.4 Å². The molecule has 0 saturated heterocycles. The highest BCUT2D eigenvalue weighted by molar-refractivity contribution is 6.36. The van der Waals surface area contributed by atoms with Gasteiger partial charge in [0, 0.05) is 13.0 Å². The molecule has 0 aliphatic carbocycles. The summed E-state index contributed by atoms with van der Waals surface area (Å²) in [5.74, 6) is -1.01. The van der Waals surface area contributed by atoms with Crippen LogP contribution in [0.25, 0.3) is 0 Å². The molecule has 5 nitrogen and oxygen atoms in total. The highest BCUT2D eigenvalue weighted by Gasteiger charge is 2.17. The smallest absolute Gasteiger partial charge is 0.287 e. The molecule has 1 amide bonds. The van der Waals surface area contributed by atoms with E-state index >= 15 is 0 Å². The van der Waals surface area contributed by atoms with Crippen LogP contribution >= 0.6 is 0 Å². The summed E-state index contributed by atoms with van der Waals surface area (Å²) >= 11 is 0. The van der Waals surface area contributed by atoms with E-state index in [1.807, 2.05) is 0 Å². The normalized spacial score (nSPS) is 11.9. The van der Waals surface area contributed by atoms with Gasteiger partial charge in [-0.2, -0.15) is 0 Å². The number of carbonyl (C=O) groups excluding carboxylic acids is 3. The van der Waals surface area contributed by atoms with Gasteiger partial charge in [-0.15, -0.1) is 0 Å². The second kappa shape index (κ2) is 9.76. The van der Waals surface area contributed by atoms with Crippen LogP contribution in [0.15, 0.2) is 0 Å². The molecule has 0 rings (SSSR count). The van der Waals surface area contributed by atoms with Gasteiger partial charge in [0.15, 0.2) is 0 Å². The standard InChI is InChI=1S/C13H24N2O3/c1-4-5-6-9-15-13(18)12(17)8-7-11(14-3)10(2)16/h11,14H,4-9H2,1-3H3,(H,15,18)/t11-/m0/s1. The second-order valence-corrected chi connectivity index (χ2v) is 4.38. The Kier molecular flexibility index (Phi) is 9.10. The van der Waals surface area contributed by atoms with E-state index in [2.05, 4.69) is 17.6 Å². The number of unbranched alkanes of at least 4 members (excludes halogenated alkanes) is 2. The van der Waals surface area contributed by atoms with Gasteiger partial charge in [0.1, 0.15) is 5.78 Å². The van der Waals surface area contributed by atoms with Crippen LogP contribution in [0.1, 0.15) is 46.0 Å². The quantitative estimate of drug-likeness (QED) is 0.448. The molecule has 18 heavy (non-hydrogen) atoms. The van der Waals surface area contributed by atoms with Crippen molar-refractivity contribution in [3.05, 3.63) is 0 Å². The molecule has 0 aliphatic rings. The summed E-state index contributed by atoms with van der Waals surface area (Å²) in [5.41, 5.74) is 0. The fraction of sp³-hybridized carbons (Fsp3) is 0.769. The van der Waals surface area contributed by atoms with Gasteiger partial charge >= 0.3 is 0 Å². The molecule has 104 valence electrons. The summed E-state index contributed by atoms with van der Waals surface area (Å²) in [7, 11) is 1.67. The lowest BCUT2D eigenvalue weighted by molar-refractivity contribution is -0.138. The van der Waals surface area contributed by atoms with Crippen molar-refractivity contribution in [2.45, 2.75) is 52.0 Å². The van der Waals surface area contributed by atoms with Crippen molar-refractivity contribution in [2.75, 3.05) is 13.6 Å². The monoisotopic (exact) mass is 256 g/mol. The number of carbonyl (C=O) groups is 3. The summed E-state index contributed by atoms with van der Waals surface area (Å²) in [6, 6.07) is -0.346. The summed E-state index contributed by atoms with van der Waals surface area (Å²) < 4.78 is 0. The van der Waals surface area contributed by atoms with Crippen molar-refractivity contribution in [3.63, 3.8) is 0 Å². The minimum Gasteiger partial charge on any atom is -0.350 e. The Bertz CT molecular complexity index is 290. The number of likely N-dealkylation sites (N-methyl/N-ethyl adjacent to an activating group) is 1. The molecule has 0 fully saturated rings. The van der Waals surface area contributed by atoms with Crippen molar-refractivity contribution < 1.29 is 14.4 Å². The molecule has 0 bridgehead atoms. The number of hydrogen-bond acceptors (Lipinski definition) is 4. The molecule has 0 aliphatic heterocycles. The molecule has 0 radical (unpaired) electrons. The lowest BCUT2D eigenvalue weighted by Gasteiger charge is -2.11. The maximum atomic E-state index is 11.5. The molecule has 0 aromatic carbocycles. The lowest BCUT2D eigenvalue weighted by Crippen LogP contribution is -2.36. The van der Waals surface area contributed by atoms with Crippen LogP contribution in [0.4, 0.5) is 0 Å². The molecule has 1 atom stereocenters. The second-order valence-electron chi connectivity index (χ2n) is 4.38. The van der Waals surface area contributed by atoms with E-state index in [4.69, 9.17) is 0 Å². The molecule has 0 unspecified atom stereocenters. The van der Waals surface area contributed by atoms with Gasteiger partial charge in [0.05, 0.1) is 6.04 Å². The summed E-state index contributed by atoms with van der Waals surface area (Å²) in [6.07, 6.45) is 3.48. The van der Waals surface area contributed by atoms with E-state index in [-0.39, 0.29) is 18.2 Å². The van der Waals surface area contributed by atoms with Gasteiger partial charge in [0.25, 0.3) is 5.91 Å². The topological polar surface area (TPSA) is 75.3 Å². The Morgan fingerprint density at radius 1 is 1.17 bits per heavy atom. The average molecular weight is 256 g/mol. The Balaban J connectivity index is 3.87. The third-order valence-electron chi connectivity index (χ3n) is 2.82. The maximum absolute atomic E-state index is 11.5. The Labute approximate surface area is 109 Å². The maximum Gasteiger partial charge on any atom is 0.287 e. The third-order valence-corrected chi connectivity index (χ3v) is 2.82. The van der Waals surface area contributed by atoms with E-state index in [0.29, 0.717) is 13.0 Å². The van der Waals surface area contributed by atoms with Crippen LogP contribution in [-0.4, -0.2) is 37.1 Å². The number of hydrogen-bond donors (Lipinski definition) is 2. The first kappa shape index (κ1) is 16.8. The minimum absolute atomic E-state index is 0.0198. The summed E-state index contributed by atoms with van der Waals surface area (Å²) in [6.45, 7) is 4.09. The van der Waals surface area contributed by atoms with Crippen LogP contribution in [-0.2, 0) is 14.4 Å². The number of Topliss-reactive ketones (excluding diaryl/α,β-unsaturated/α-hetero) is 2. The molecular weight excluding hydrogens is 232 g/mol. The molecule has 2 N–H and O–H groups in total. The third kappa shape index (κ3) is 7.17. The van der Waals surface area contributed by atoms with Gasteiger partial charge < -0.3 is 10.6 Å². The summed E-state index contributed by atoms with van der Waals surface area (Å²) in [5, 5.41) is 5.42. The first-order chi connectivity index (χ1) is 8.52. The zero-order chi connectivity index (χ0) is 14.0. The first-order valence-electron chi connectivity index (χ1n) is 6.51. The number of nitrogens with one attached hydrogen (secondary N) is 2. The van der Waals surface area contributed by atoms with Crippen molar-refractivity contribution in [1.29, 1.82) is 0 Å². The van der Waals surface area contributed by atoms with E-state index in [1.165, 1.54) is 6.92 Å². The van der Waals surface area contributed by atoms with Crippen LogP contribution in [0.3, 0.4) is 0 Å². The fourth-order valence-electron chi connectivity index (χ4n) is 1.62. The van der Waals surface area contributed by atoms with Crippen LogP contribution < -0.4 is 10.6 Å². The molecule has 0 spiro atoms. The largest absolute Gasteiger partial charge is 0.350 e. The van der Waals surface area contributed by atoms with Gasteiger partial charge in [-0.25, -0.2) is 0 Å². The van der Waals surface area contributed by atoms with Crippen molar-refractivity contribution in [3.8, 4) is 0 Å². The number of amides is 1. The highest BCUT2D eigenvalue weighted by atomic mass is 16.2. The number of ketones is 2. The Hall–Kier alpha value is -1.23. The van der Waals surface area contributed by atoms with Gasteiger partial charge in [-0.1, -0.05) is 19.8 Å². The van der Waals surface area contributed by atoms with E-state index in [1.54, 1.807) is 7.05 Å². The predicted molar refractivity (Wildman–Crippen MR) is 70.3 cm³/mol. The number of rotatable bonds is 10. The van der Waals surface area contributed by atoms with E-state index < -0.39 is 11.7 Å². The molecule has 0 saturated carbocycles. The molecule has 0 heterocycles. The van der Waals surface area contributed by atoms with Crippen molar-refractivity contribution in [1.82, 2.24) is 10.6 Å². The summed E-state index contributed by atoms with van der Waals surface area (Å²) in [4.78, 5) is 34.0. The predicted octanol–water partition coefficient (Wildman–Crippen LogP) is 0.819. The van der Waals surface area contributed by atoms with Gasteiger partial charge in [-0.05, 0) is 26.8 Å². The van der Waals surface area contributed by atoms with Crippen LogP contribution in [0, 0.1) is 0 Å². The highest BCUT2D eigenvalue weighted by Crippen LogP contribution is 2.00.